The minimum atomic E-state index is -0.988. The highest BCUT2D eigenvalue weighted by Crippen LogP contribution is 2.28. The van der Waals surface area contributed by atoms with E-state index in [9.17, 15) is 9.90 Å². The maximum absolute atomic E-state index is 10.5. The number of nitrogens with zero attached hydrogens (tertiary/aromatic N) is 1. The van der Waals surface area contributed by atoms with Gasteiger partial charge in [-0.3, -0.25) is 4.79 Å². The van der Waals surface area contributed by atoms with Gasteiger partial charge in [0.2, 0.25) is 0 Å². The van der Waals surface area contributed by atoms with Gasteiger partial charge in [-0.15, -0.1) is 0 Å². The van der Waals surface area contributed by atoms with Crippen LogP contribution in [0.15, 0.2) is 0 Å². The number of likely N-dealkylation sites (tertiary alicyclic amines) is 1. The minimum Gasteiger partial charge on any atom is -0.481 e. The number of aliphatic carboxylic acids is 1. The molecule has 1 aliphatic heterocycles. The molecule has 2 atom stereocenters. The average molecular weight is 187 g/mol. The SMILES string of the molecule is CC1CC(O)(CC(=O)O)CCN1C. The second-order valence-corrected chi connectivity index (χ2v) is 4.08. The highest BCUT2D eigenvalue weighted by molar-refractivity contribution is 5.68. The molecule has 1 heterocycles. The van der Waals surface area contributed by atoms with Gasteiger partial charge < -0.3 is 15.1 Å². The number of carboxylic acid groups (broad SMARTS) is 1. The second-order valence-electron chi connectivity index (χ2n) is 4.08. The summed E-state index contributed by atoms with van der Waals surface area (Å²) >= 11 is 0. The van der Waals surface area contributed by atoms with E-state index in [1.54, 1.807) is 0 Å². The summed E-state index contributed by atoms with van der Waals surface area (Å²) < 4.78 is 0. The van der Waals surface area contributed by atoms with Crippen LogP contribution in [0.5, 0.6) is 0 Å². The van der Waals surface area contributed by atoms with Crippen LogP contribution in [0.4, 0.5) is 0 Å². The van der Waals surface area contributed by atoms with Crippen LogP contribution < -0.4 is 0 Å². The van der Waals surface area contributed by atoms with Crippen molar-refractivity contribution >= 4 is 5.97 Å². The van der Waals surface area contributed by atoms with Gasteiger partial charge in [0.1, 0.15) is 0 Å². The van der Waals surface area contributed by atoms with Gasteiger partial charge in [-0.25, -0.2) is 0 Å². The fourth-order valence-corrected chi connectivity index (χ4v) is 1.85. The fraction of sp³-hybridized carbons (Fsp3) is 0.889. The van der Waals surface area contributed by atoms with Crippen molar-refractivity contribution in [1.82, 2.24) is 4.90 Å². The normalized spacial score (nSPS) is 36.1. The predicted octanol–water partition coefficient (Wildman–Crippen LogP) is 0.306. The Hall–Kier alpha value is -0.610. The van der Waals surface area contributed by atoms with Gasteiger partial charge in [0.05, 0.1) is 12.0 Å². The first-order chi connectivity index (χ1) is 5.93. The molecule has 0 spiro atoms. The zero-order chi connectivity index (χ0) is 10.1. The molecule has 4 nitrogen and oxygen atoms in total. The van der Waals surface area contributed by atoms with Crippen molar-refractivity contribution in [3.63, 3.8) is 0 Å². The molecular weight excluding hydrogens is 170 g/mol. The van der Waals surface area contributed by atoms with Crippen LogP contribution in [0, 0.1) is 0 Å². The summed E-state index contributed by atoms with van der Waals surface area (Å²) in [5.41, 5.74) is -0.988. The van der Waals surface area contributed by atoms with Crippen LogP contribution in [0.2, 0.25) is 0 Å². The quantitative estimate of drug-likeness (QED) is 0.653. The van der Waals surface area contributed by atoms with E-state index in [1.807, 2.05) is 14.0 Å². The zero-order valence-corrected chi connectivity index (χ0v) is 8.16. The molecule has 1 aliphatic rings. The highest BCUT2D eigenvalue weighted by Gasteiger charge is 2.36. The molecule has 1 fully saturated rings. The second kappa shape index (κ2) is 3.64. The van der Waals surface area contributed by atoms with E-state index < -0.39 is 11.6 Å². The molecule has 1 rings (SSSR count). The van der Waals surface area contributed by atoms with Crippen LogP contribution in [0.25, 0.3) is 0 Å². The molecule has 0 radical (unpaired) electrons. The molecule has 13 heavy (non-hydrogen) atoms. The first-order valence-electron chi connectivity index (χ1n) is 4.57. The average Bonchev–Trinajstić information content (AvgIpc) is 1.96. The molecule has 76 valence electrons. The van der Waals surface area contributed by atoms with Crippen molar-refractivity contribution in [3.8, 4) is 0 Å². The summed E-state index contributed by atoms with van der Waals surface area (Å²) in [6, 6.07) is 0.262. The van der Waals surface area contributed by atoms with E-state index in [0.29, 0.717) is 12.8 Å². The monoisotopic (exact) mass is 187 g/mol. The van der Waals surface area contributed by atoms with Crippen molar-refractivity contribution in [3.05, 3.63) is 0 Å². The van der Waals surface area contributed by atoms with Crippen molar-refractivity contribution in [2.24, 2.45) is 0 Å². The van der Waals surface area contributed by atoms with Gasteiger partial charge in [0.15, 0.2) is 0 Å². The maximum atomic E-state index is 10.5. The summed E-state index contributed by atoms with van der Waals surface area (Å²) in [5, 5.41) is 18.5. The van der Waals surface area contributed by atoms with E-state index in [1.165, 1.54) is 0 Å². The topological polar surface area (TPSA) is 60.8 Å². The number of hydrogen-bond donors (Lipinski definition) is 2. The Morgan fingerprint density at radius 2 is 2.31 bits per heavy atom. The molecular formula is C9H17NO3. The summed E-state index contributed by atoms with van der Waals surface area (Å²) in [6.45, 7) is 2.77. The molecule has 2 unspecified atom stereocenters. The van der Waals surface area contributed by atoms with Crippen LogP contribution in [0.3, 0.4) is 0 Å². The van der Waals surface area contributed by atoms with E-state index in [4.69, 9.17) is 5.11 Å². The van der Waals surface area contributed by atoms with Gasteiger partial charge >= 0.3 is 5.97 Å². The molecule has 4 heteroatoms. The largest absolute Gasteiger partial charge is 0.481 e. The summed E-state index contributed by atoms with van der Waals surface area (Å²) in [7, 11) is 1.99. The summed E-state index contributed by atoms with van der Waals surface area (Å²) in [4.78, 5) is 12.6. The number of hydrogen-bond acceptors (Lipinski definition) is 3. The molecule has 0 aromatic carbocycles. The van der Waals surface area contributed by atoms with E-state index in [0.717, 1.165) is 6.54 Å². The number of rotatable bonds is 2. The first-order valence-corrected chi connectivity index (χ1v) is 4.57. The molecule has 0 bridgehead atoms. The van der Waals surface area contributed by atoms with Gasteiger partial charge in [-0.2, -0.15) is 0 Å². The van der Waals surface area contributed by atoms with Crippen LogP contribution >= 0.6 is 0 Å². The van der Waals surface area contributed by atoms with Crippen molar-refractivity contribution in [2.45, 2.75) is 37.8 Å². The Morgan fingerprint density at radius 1 is 1.69 bits per heavy atom. The first kappa shape index (κ1) is 10.5. The molecule has 2 N–H and O–H groups in total. The Kier molecular flexibility index (Phi) is 2.93. The molecule has 0 aliphatic carbocycles. The molecule has 0 saturated carbocycles. The molecule has 0 aromatic heterocycles. The van der Waals surface area contributed by atoms with E-state index >= 15 is 0 Å². The number of carboxylic acids is 1. The van der Waals surface area contributed by atoms with Crippen molar-refractivity contribution in [2.75, 3.05) is 13.6 Å². The Labute approximate surface area is 78.2 Å². The van der Waals surface area contributed by atoms with E-state index in [-0.39, 0.29) is 12.5 Å². The Morgan fingerprint density at radius 3 is 2.77 bits per heavy atom. The Balaban J connectivity index is 2.56. The lowest BCUT2D eigenvalue weighted by Gasteiger charge is -2.40. The van der Waals surface area contributed by atoms with Crippen LogP contribution in [-0.2, 0) is 4.79 Å². The number of carbonyl (C=O) groups is 1. The van der Waals surface area contributed by atoms with Crippen LogP contribution in [-0.4, -0.2) is 46.3 Å². The lowest BCUT2D eigenvalue weighted by molar-refractivity contribution is -0.145. The minimum absolute atomic E-state index is 0.134. The lowest BCUT2D eigenvalue weighted by Crippen LogP contribution is -2.48. The Bertz CT molecular complexity index is 207. The van der Waals surface area contributed by atoms with Crippen LogP contribution in [0.1, 0.15) is 26.2 Å². The maximum Gasteiger partial charge on any atom is 0.306 e. The third-order valence-corrected chi connectivity index (χ3v) is 2.84. The van der Waals surface area contributed by atoms with Crippen molar-refractivity contribution < 1.29 is 15.0 Å². The van der Waals surface area contributed by atoms with E-state index in [2.05, 4.69) is 4.90 Å². The number of aliphatic hydroxyl groups is 1. The fourth-order valence-electron chi connectivity index (χ4n) is 1.85. The lowest BCUT2D eigenvalue weighted by atomic mass is 9.85. The predicted molar refractivity (Wildman–Crippen MR) is 48.5 cm³/mol. The van der Waals surface area contributed by atoms with Gasteiger partial charge in [0.25, 0.3) is 0 Å². The smallest absolute Gasteiger partial charge is 0.306 e. The molecule has 0 aromatic rings. The van der Waals surface area contributed by atoms with Gasteiger partial charge in [-0.05, 0) is 26.8 Å². The zero-order valence-electron chi connectivity index (χ0n) is 8.16. The van der Waals surface area contributed by atoms with Crippen molar-refractivity contribution in [1.29, 1.82) is 0 Å². The molecule has 0 amide bonds. The summed E-state index contributed by atoms with van der Waals surface area (Å²) in [6.07, 6.45) is 0.973. The number of piperidine rings is 1. The van der Waals surface area contributed by atoms with Gasteiger partial charge in [-0.1, -0.05) is 0 Å². The third-order valence-electron chi connectivity index (χ3n) is 2.84. The third kappa shape index (κ3) is 2.67. The standard InChI is InChI=1S/C9H17NO3/c1-7-5-9(13,6-8(11)12)3-4-10(7)2/h7,13H,3-6H2,1-2H3,(H,11,12). The highest BCUT2D eigenvalue weighted by atomic mass is 16.4. The molecule has 1 saturated heterocycles. The summed E-state index contributed by atoms with van der Waals surface area (Å²) in [5.74, 6) is -0.917. The van der Waals surface area contributed by atoms with Gasteiger partial charge in [0, 0.05) is 12.6 Å².